The molecule has 1 saturated carbocycles. The minimum atomic E-state index is -0.126. The zero-order valence-corrected chi connectivity index (χ0v) is 13.0. The molecule has 0 saturated heterocycles. The fourth-order valence-corrected chi connectivity index (χ4v) is 3.52. The molecule has 1 fully saturated rings. The molecule has 0 unspecified atom stereocenters. The van der Waals surface area contributed by atoms with Crippen LogP contribution in [0.15, 0.2) is 6.07 Å². The Morgan fingerprint density at radius 3 is 2.40 bits per heavy atom. The Hall–Kier alpha value is -1.36. The number of carbonyl (C=O) groups excluding carboxylic acids is 2. The largest absolute Gasteiger partial charge is 0.469 e. The average Bonchev–Trinajstić information content (AvgIpc) is 2.79. The van der Waals surface area contributed by atoms with Crippen LogP contribution in [0.2, 0.25) is 0 Å². The third-order valence-corrected chi connectivity index (χ3v) is 5.14. The molecule has 1 aliphatic rings. The van der Waals surface area contributed by atoms with Gasteiger partial charge in [-0.05, 0) is 51.2 Å². The Labute approximate surface area is 123 Å². The molecule has 4 nitrogen and oxygen atoms in total. The molecule has 2 rings (SSSR count). The molecule has 0 aromatic carbocycles. The predicted molar refractivity (Wildman–Crippen MR) is 79.0 cm³/mol. The van der Waals surface area contributed by atoms with E-state index in [1.165, 1.54) is 23.3 Å². The van der Waals surface area contributed by atoms with Gasteiger partial charge in [-0.3, -0.25) is 9.59 Å². The van der Waals surface area contributed by atoms with E-state index in [4.69, 9.17) is 4.74 Å². The van der Waals surface area contributed by atoms with Crippen LogP contribution in [0, 0.1) is 19.8 Å². The summed E-state index contributed by atoms with van der Waals surface area (Å²) in [5, 5.41) is 3.07. The smallest absolute Gasteiger partial charge is 0.308 e. The Morgan fingerprint density at radius 2 is 1.90 bits per heavy atom. The number of aryl methyl sites for hydroxylation is 2. The Balaban J connectivity index is 1.86. The average molecular weight is 295 g/mol. The van der Waals surface area contributed by atoms with E-state index in [2.05, 4.69) is 5.32 Å². The van der Waals surface area contributed by atoms with Crippen molar-refractivity contribution in [1.29, 1.82) is 0 Å². The van der Waals surface area contributed by atoms with Crippen molar-refractivity contribution in [2.24, 2.45) is 5.92 Å². The summed E-state index contributed by atoms with van der Waals surface area (Å²) < 4.78 is 4.77. The van der Waals surface area contributed by atoms with Gasteiger partial charge in [0.1, 0.15) is 0 Å². The minimum Gasteiger partial charge on any atom is -0.469 e. The van der Waals surface area contributed by atoms with Crippen LogP contribution in [-0.4, -0.2) is 25.0 Å². The fraction of sp³-hybridized carbons (Fsp3) is 0.600. The van der Waals surface area contributed by atoms with E-state index in [-0.39, 0.29) is 23.8 Å². The lowest BCUT2D eigenvalue weighted by atomic mass is 9.86. The van der Waals surface area contributed by atoms with Crippen LogP contribution in [-0.2, 0) is 9.53 Å². The summed E-state index contributed by atoms with van der Waals surface area (Å²) in [6, 6.07) is 2.11. The second-order valence-electron chi connectivity index (χ2n) is 5.40. The van der Waals surface area contributed by atoms with Gasteiger partial charge < -0.3 is 10.1 Å². The Kier molecular flexibility index (Phi) is 4.81. The fourth-order valence-electron chi connectivity index (χ4n) is 2.58. The number of carbonyl (C=O) groups is 2. The van der Waals surface area contributed by atoms with Crippen molar-refractivity contribution in [3.05, 3.63) is 21.4 Å². The molecule has 1 aromatic rings. The summed E-state index contributed by atoms with van der Waals surface area (Å²) in [5.41, 5.74) is 1.16. The highest BCUT2D eigenvalue weighted by Crippen LogP contribution is 2.26. The first-order valence-electron chi connectivity index (χ1n) is 6.97. The van der Waals surface area contributed by atoms with Crippen LogP contribution in [0.4, 0.5) is 0 Å². The number of amides is 1. The molecule has 1 heterocycles. The van der Waals surface area contributed by atoms with Gasteiger partial charge >= 0.3 is 5.97 Å². The molecule has 1 amide bonds. The maximum absolute atomic E-state index is 12.2. The van der Waals surface area contributed by atoms with E-state index in [9.17, 15) is 9.59 Å². The zero-order chi connectivity index (χ0) is 14.7. The zero-order valence-electron chi connectivity index (χ0n) is 12.2. The highest BCUT2D eigenvalue weighted by atomic mass is 32.1. The summed E-state index contributed by atoms with van der Waals surface area (Å²) in [6.07, 6.45) is 3.27. The van der Waals surface area contributed by atoms with Crippen LogP contribution >= 0.6 is 11.3 Å². The molecule has 1 aliphatic carbocycles. The van der Waals surface area contributed by atoms with E-state index in [1.54, 1.807) is 0 Å². The molecule has 20 heavy (non-hydrogen) atoms. The van der Waals surface area contributed by atoms with Crippen LogP contribution in [0.25, 0.3) is 0 Å². The standard InChI is InChI=1S/C15H21NO3S/c1-9-8-13(20-10(9)2)14(17)16-12-6-4-11(5-7-12)15(18)19-3/h8,11-12H,4-7H2,1-3H3,(H,16,17). The first-order valence-corrected chi connectivity index (χ1v) is 7.78. The van der Waals surface area contributed by atoms with E-state index in [0.29, 0.717) is 0 Å². The molecule has 110 valence electrons. The molecular weight excluding hydrogens is 274 g/mol. The summed E-state index contributed by atoms with van der Waals surface area (Å²) in [7, 11) is 1.43. The van der Waals surface area contributed by atoms with Gasteiger partial charge in [-0.25, -0.2) is 0 Å². The normalized spacial score (nSPS) is 22.4. The molecule has 0 spiro atoms. The maximum atomic E-state index is 12.2. The van der Waals surface area contributed by atoms with Crippen LogP contribution in [0.1, 0.15) is 45.8 Å². The lowest BCUT2D eigenvalue weighted by molar-refractivity contribution is -0.146. The number of rotatable bonds is 3. The van der Waals surface area contributed by atoms with Gasteiger partial charge in [0.15, 0.2) is 0 Å². The number of hydrogen-bond donors (Lipinski definition) is 1. The predicted octanol–water partition coefficient (Wildman–Crippen LogP) is 2.83. The monoisotopic (exact) mass is 295 g/mol. The molecule has 0 bridgehead atoms. The van der Waals surface area contributed by atoms with Crippen LogP contribution in [0.3, 0.4) is 0 Å². The van der Waals surface area contributed by atoms with Gasteiger partial charge in [-0.1, -0.05) is 0 Å². The topological polar surface area (TPSA) is 55.4 Å². The first kappa shape index (κ1) is 15.0. The summed E-state index contributed by atoms with van der Waals surface area (Å²) >= 11 is 1.53. The van der Waals surface area contributed by atoms with E-state index >= 15 is 0 Å². The number of nitrogens with one attached hydrogen (secondary N) is 1. The number of thiophene rings is 1. The van der Waals surface area contributed by atoms with Crippen molar-refractivity contribution in [3.63, 3.8) is 0 Å². The Morgan fingerprint density at radius 1 is 1.25 bits per heavy atom. The minimum absolute atomic E-state index is 0.000575. The van der Waals surface area contributed by atoms with Gasteiger partial charge in [0.2, 0.25) is 0 Å². The molecule has 1 N–H and O–H groups in total. The van der Waals surface area contributed by atoms with E-state index in [0.717, 1.165) is 36.1 Å². The van der Waals surface area contributed by atoms with Gasteiger partial charge in [-0.2, -0.15) is 0 Å². The van der Waals surface area contributed by atoms with Crippen LogP contribution < -0.4 is 5.32 Å². The van der Waals surface area contributed by atoms with Crippen molar-refractivity contribution in [2.45, 2.75) is 45.6 Å². The van der Waals surface area contributed by atoms with Crippen molar-refractivity contribution in [1.82, 2.24) is 5.32 Å². The lowest BCUT2D eigenvalue weighted by Crippen LogP contribution is -2.38. The maximum Gasteiger partial charge on any atom is 0.308 e. The third-order valence-electron chi connectivity index (χ3n) is 3.99. The van der Waals surface area contributed by atoms with E-state index < -0.39 is 0 Å². The molecule has 1 aromatic heterocycles. The number of esters is 1. The highest BCUT2D eigenvalue weighted by molar-refractivity contribution is 7.14. The molecule has 0 aliphatic heterocycles. The van der Waals surface area contributed by atoms with Crippen molar-refractivity contribution >= 4 is 23.2 Å². The molecule has 5 heteroatoms. The van der Waals surface area contributed by atoms with Crippen molar-refractivity contribution in [3.8, 4) is 0 Å². The quantitative estimate of drug-likeness (QED) is 0.872. The lowest BCUT2D eigenvalue weighted by Gasteiger charge is -2.27. The van der Waals surface area contributed by atoms with Crippen LogP contribution in [0.5, 0.6) is 0 Å². The second kappa shape index (κ2) is 6.39. The van der Waals surface area contributed by atoms with Gasteiger partial charge in [0, 0.05) is 10.9 Å². The molecule has 0 atom stereocenters. The second-order valence-corrected chi connectivity index (χ2v) is 6.65. The van der Waals surface area contributed by atoms with Gasteiger partial charge in [-0.15, -0.1) is 11.3 Å². The first-order chi connectivity index (χ1) is 9.51. The summed E-state index contributed by atoms with van der Waals surface area (Å²) in [6.45, 7) is 4.04. The molecule has 0 radical (unpaired) electrons. The number of methoxy groups -OCH3 is 1. The summed E-state index contributed by atoms with van der Waals surface area (Å²) in [5.74, 6) is -0.119. The highest BCUT2D eigenvalue weighted by Gasteiger charge is 2.28. The third kappa shape index (κ3) is 3.39. The summed E-state index contributed by atoms with van der Waals surface area (Å²) in [4.78, 5) is 25.6. The van der Waals surface area contributed by atoms with Crippen molar-refractivity contribution < 1.29 is 14.3 Å². The SMILES string of the molecule is COC(=O)C1CCC(NC(=O)c2cc(C)c(C)s2)CC1. The van der Waals surface area contributed by atoms with Gasteiger partial charge in [0.05, 0.1) is 17.9 Å². The number of hydrogen-bond acceptors (Lipinski definition) is 4. The van der Waals surface area contributed by atoms with Gasteiger partial charge in [0.25, 0.3) is 5.91 Å². The number of ether oxygens (including phenoxy) is 1. The Bertz CT molecular complexity index is 482. The van der Waals surface area contributed by atoms with Crippen molar-refractivity contribution in [2.75, 3.05) is 7.11 Å². The van der Waals surface area contributed by atoms with E-state index in [1.807, 2.05) is 19.9 Å². The molecular formula is C15H21NO3S.